The highest BCUT2D eigenvalue weighted by Crippen LogP contribution is 2.40. The van der Waals surface area contributed by atoms with Crippen LogP contribution in [0.2, 0.25) is 0 Å². The first-order valence-corrected chi connectivity index (χ1v) is 8.20. The molecule has 0 spiro atoms. The molecule has 0 radical (unpaired) electrons. The number of carbonyl (C=O) groups excluding carboxylic acids is 1. The van der Waals surface area contributed by atoms with Crippen molar-refractivity contribution in [3.63, 3.8) is 0 Å². The quantitative estimate of drug-likeness (QED) is 0.263. The summed E-state index contributed by atoms with van der Waals surface area (Å²) in [5.41, 5.74) is 2.03. The Morgan fingerprint density at radius 3 is 2.65 bits per heavy atom. The van der Waals surface area contributed by atoms with E-state index in [4.69, 9.17) is 31.8 Å². The number of nitrogens with one attached hydrogen (secondary N) is 2. The Morgan fingerprint density at radius 2 is 2.08 bits per heavy atom. The van der Waals surface area contributed by atoms with Gasteiger partial charge in [-0.2, -0.15) is 0 Å². The molecule has 1 aliphatic heterocycles. The van der Waals surface area contributed by atoms with E-state index in [1.807, 2.05) is 0 Å². The Hall–Kier alpha value is -2.89. The van der Waals surface area contributed by atoms with Crippen molar-refractivity contribution in [3.8, 4) is 11.5 Å². The molecule has 1 aliphatic rings. The van der Waals surface area contributed by atoms with Crippen LogP contribution in [0.4, 0.5) is 0 Å². The summed E-state index contributed by atoms with van der Waals surface area (Å²) in [4.78, 5) is 13.0. The first-order valence-electron chi connectivity index (χ1n) is 7.80. The van der Waals surface area contributed by atoms with Gasteiger partial charge in [-0.25, -0.2) is 4.79 Å². The second-order valence-electron chi connectivity index (χ2n) is 5.47. The molecule has 0 amide bonds. The van der Waals surface area contributed by atoms with Crippen molar-refractivity contribution in [2.24, 2.45) is 0 Å². The second kappa shape index (κ2) is 8.47. The number of allylic oxidation sites excluding steroid dienone is 1. The normalized spacial score (nSPS) is 16.5. The number of hydrogen-bond acceptors (Lipinski definition) is 6. The lowest BCUT2D eigenvalue weighted by molar-refractivity contribution is -0.138. The lowest BCUT2D eigenvalue weighted by atomic mass is 9.81. The number of ether oxygens (including phenoxy) is 3. The minimum absolute atomic E-state index is 0.0857. The zero-order valence-corrected chi connectivity index (χ0v) is 15.7. The summed E-state index contributed by atoms with van der Waals surface area (Å²) in [5, 5.41) is 10.6. The number of esters is 1. The molecule has 1 heterocycles. The van der Waals surface area contributed by atoms with Crippen LogP contribution in [-0.4, -0.2) is 37.7 Å². The smallest absolute Gasteiger partial charge is 0.337 e. The van der Waals surface area contributed by atoms with Crippen LogP contribution in [0.15, 0.2) is 47.7 Å². The third-order valence-electron chi connectivity index (χ3n) is 3.95. The molecule has 0 aromatic heterocycles. The van der Waals surface area contributed by atoms with Gasteiger partial charge in [0.1, 0.15) is 11.6 Å². The maximum absolute atomic E-state index is 12.6. The van der Waals surface area contributed by atoms with E-state index < -0.39 is 11.9 Å². The average Bonchev–Trinajstić information content (AvgIpc) is 2.64. The second-order valence-corrected chi connectivity index (χ2v) is 5.87. The molecule has 0 aliphatic carbocycles. The fourth-order valence-corrected chi connectivity index (χ4v) is 3.10. The van der Waals surface area contributed by atoms with E-state index >= 15 is 0 Å². The maximum Gasteiger partial charge on any atom is 0.337 e. The van der Waals surface area contributed by atoms with Crippen molar-refractivity contribution < 1.29 is 19.0 Å². The van der Waals surface area contributed by atoms with Gasteiger partial charge in [-0.05, 0) is 30.5 Å². The highest BCUT2D eigenvalue weighted by Gasteiger charge is 2.36. The van der Waals surface area contributed by atoms with Crippen LogP contribution < -0.4 is 14.8 Å². The monoisotopic (exact) mass is 372 g/mol. The van der Waals surface area contributed by atoms with Crippen molar-refractivity contribution in [3.05, 3.63) is 53.3 Å². The van der Waals surface area contributed by atoms with E-state index in [1.54, 1.807) is 32.2 Å². The van der Waals surface area contributed by atoms with Crippen molar-refractivity contribution in [1.29, 1.82) is 5.41 Å². The number of methoxy groups -OCH3 is 2. The lowest BCUT2D eigenvalue weighted by Gasteiger charge is -2.29. The molecule has 0 fully saturated rings. The Kier molecular flexibility index (Phi) is 6.33. The minimum Gasteiger partial charge on any atom is -0.493 e. The fraction of sp³-hybridized carbons (Fsp3) is 0.263. The largest absolute Gasteiger partial charge is 0.493 e. The summed E-state index contributed by atoms with van der Waals surface area (Å²) < 4.78 is 15.8. The van der Waals surface area contributed by atoms with Crippen LogP contribution in [0, 0.1) is 5.41 Å². The van der Waals surface area contributed by atoms with Gasteiger partial charge < -0.3 is 19.5 Å². The van der Waals surface area contributed by atoms with Gasteiger partial charge in [0.2, 0.25) is 0 Å². The Bertz CT molecular complexity index is 838. The van der Waals surface area contributed by atoms with Gasteiger partial charge in [-0.15, -0.1) is 0 Å². The lowest BCUT2D eigenvalue weighted by Crippen LogP contribution is -2.35. The molecule has 26 heavy (non-hydrogen) atoms. The Labute approximate surface area is 157 Å². The van der Waals surface area contributed by atoms with Gasteiger partial charge in [-0.3, -0.25) is 5.41 Å². The molecule has 0 saturated carbocycles. The van der Waals surface area contributed by atoms with Crippen molar-refractivity contribution in [2.75, 3.05) is 20.8 Å². The summed E-state index contributed by atoms with van der Waals surface area (Å²) in [7, 11) is 3.07. The summed E-state index contributed by atoms with van der Waals surface area (Å²) >= 11 is 5.33. The minimum atomic E-state index is -0.599. The van der Waals surface area contributed by atoms with Crippen LogP contribution in [0.25, 0.3) is 0 Å². The van der Waals surface area contributed by atoms with E-state index in [2.05, 4.69) is 17.8 Å². The molecule has 2 rings (SSSR count). The Balaban J connectivity index is 2.63. The van der Waals surface area contributed by atoms with Gasteiger partial charge in [0.25, 0.3) is 0 Å². The zero-order chi connectivity index (χ0) is 19.3. The predicted octanol–water partition coefficient (Wildman–Crippen LogP) is 2.90. The summed E-state index contributed by atoms with van der Waals surface area (Å²) in [5.74, 6) is 2.32. The van der Waals surface area contributed by atoms with Crippen LogP contribution in [0.1, 0.15) is 18.4 Å². The molecule has 136 valence electrons. The van der Waals surface area contributed by atoms with E-state index in [1.165, 1.54) is 13.2 Å². The predicted molar refractivity (Wildman–Crippen MR) is 103 cm³/mol. The topological polar surface area (TPSA) is 80.6 Å². The molecule has 1 atom stereocenters. The molecule has 1 aromatic carbocycles. The standard InChI is InChI=1S/C19H20N2O4S/c1-5-8-25-19(22)16-11(2)21-18(26)13(10-20)17(16)12-6-7-14(23-3)15(9-12)24-4/h5-7,9,17,20H,1,8H2,2-4H3,(H,21,26). The average molecular weight is 372 g/mol. The van der Waals surface area contributed by atoms with Gasteiger partial charge in [-0.1, -0.05) is 30.9 Å². The van der Waals surface area contributed by atoms with Gasteiger partial charge in [0, 0.05) is 5.70 Å². The number of hydrogen-bond donors (Lipinski definition) is 2. The van der Waals surface area contributed by atoms with Crippen LogP contribution >= 0.6 is 12.2 Å². The van der Waals surface area contributed by atoms with E-state index in [-0.39, 0.29) is 6.61 Å². The van der Waals surface area contributed by atoms with E-state index in [0.29, 0.717) is 38.9 Å². The van der Waals surface area contributed by atoms with Crippen molar-refractivity contribution in [1.82, 2.24) is 5.32 Å². The van der Waals surface area contributed by atoms with Crippen LogP contribution in [0.3, 0.4) is 0 Å². The number of rotatable bonds is 6. The third kappa shape index (κ3) is 3.69. The molecule has 0 bridgehead atoms. The van der Waals surface area contributed by atoms with Gasteiger partial charge in [0.15, 0.2) is 11.5 Å². The first-order chi connectivity index (χ1) is 12.5. The number of benzene rings is 1. The molecular formula is C19H20N2O4S. The molecule has 0 saturated heterocycles. The molecular weight excluding hydrogens is 352 g/mol. The SMILES string of the molecule is C=CCOC(=O)C1=C(C)NC(=S)C(=C=N)C1c1ccc(OC)c(OC)c1. The molecule has 1 unspecified atom stereocenters. The summed E-state index contributed by atoms with van der Waals surface area (Å²) in [6.45, 7) is 5.38. The third-order valence-corrected chi connectivity index (χ3v) is 4.28. The summed E-state index contributed by atoms with van der Waals surface area (Å²) in [6, 6.07) is 5.29. The molecule has 6 nitrogen and oxygen atoms in total. The fourth-order valence-electron chi connectivity index (χ4n) is 2.77. The number of thiocarbonyl (C=S) groups is 1. The van der Waals surface area contributed by atoms with Crippen molar-refractivity contribution in [2.45, 2.75) is 12.8 Å². The molecule has 2 N–H and O–H groups in total. The molecule has 1 aromatic rings. The first kappa shape index (κ1) is 19.4. The van der Waals surface area contributed by atoms with E-state index in [9.17, 15) is 4.79 Å². The highest BCUT2D eigenvalue weighted by atomic mass is 32.1. The van der Waals surface area contributed by atoms with Gasteiger partial charge >= 0.3 is 5.97 Å². The van der Waals surface area contributed by atoms with E-state index in [0.717, 1.165) is 0 Å². The summed E-state index contributed by atoms with van der Waals surface area (Å²) in [6.07, 6.45) is 1.49. The Morgan fingerprint density at radius 1 is 1.38 bits per heavy atom. The zero-order valence-electron chi connectivity index (χ0n) is 14.8. The van der Waals surface area contributed by atoms with Crippen LogP contribution in [0.5, 0.6) is 11.5 Å². The van der Waals surface area contributed by atoms with Gasteiger partial charge in [0.05, 0.1) is 31.3 Å². The highest BCUT2D eigenvalue weighted by molar-refractivity contribution is 7.80. The van der Waals surface area contributed by atoms with Crippen molar-refractivity contribution >= 4 is 29.0 Å². The van der Waals surface area contributed by atoms with Crippen LogP contribution in [-0.2, 0) is 9.53 Å². The molecule has 7 heteroatoms. The number of carbonyl (C=O) groups is 1. The maximum atomic E-state index is 12.6.